The van der Waals surface area contributed by atoms with Crippen LogP contribution in [0.2, 0.25) is 0 Å². The Labute approximate surface area is 673 Å². The third-order valence-corrected chi connectivity index (χ3v) is 15.8. The van der Waals surface area contributed by atoms with Gasteiger partial charge in [0.15, 0.2) is 0 Å². The van der Waals surface area contributed by atoms with Gasteiger partial charge in [0.05, 0.1) is 311 Å². The number of nitrogens with one attached hydrogen (secondary N) is 3. The standard InChI is InChI=1S/C77H137N5O32/c1-68(2)70(80-73(86)15-22-93-26-30-97-34-38-101-42-46-105-50-54-109-58-62-113-65-64-111-60-56-107-52-48-103-44-40-99-36-32-95-28-24-91-20-5-6-69(83)12-18-81-74(87)8-9-75(81)88)7-3-4-16-78-72(85)14-21-92-25-29-96-33-37-100-41-45-104-49-53-108-57-61-112-66-67-114-63-59-110-55-51-106-47-43-102-39-35-98-31-27-94-23-17-79-71(84)13-19-82-76(89)10-11-77(82)90/h8-11,68,70H,3-7,12-67H2,1-2H3,(H,78,85)(H,79,84)(H,80,86)/t70-/m0/s1. The number of imide groups is 2. The predicted octanol–water partition coefficient (Wildman–Crippen LogP) is 0.688. The van der Waals surface area contributed by atoms with Crippen molar-refractivity contribution >= 4 is 47.1 Å². The summed E-state index contributed by atoms with van der Waals surface area (Å²) >= 11 is 0. The van der Waals surface area contributed by atoms with E-state index in [1.54, 1.807) is 0 Å². The van der Waals surface area contributed by atoms with Crippen LogP contribution in [0.4, 0.5) is 0 Å². The fraction of sp³-hybridized carbons (Fsp3) is 0.844. The van der Waals surface area contributed by atoms with E-state index in [2.05, 4.69) is 29.8 Å². The number of nitrogens with zero attached hydrogens (tertiary/aromatic N) is 2. The third kappa shape index (κ3) is 69.9. The molecule has 2 heterocycles. The highest BCUT2D eigenvalue weighted by Crippen LogP contribution is 2.12. The minimum atomic E-state index is -0.407. The van der Waals surface area contributed by atoms with E-state index < -0.39 is 11.8 Å². The van der Waals surface area contributed by atoms with E-state index in [-0.39, 0.29) is 86.1 Å². The van der Waals surface area contributed by atoms with E-state index in [9.17, 15) is 38.4 Å². The fourth-order valence-corrected chi connectivity index (χ4v) is 9.63. The first kappa shape index (κ1) is 105. The molecule has 0 saturated carbocycles. The van der Waals surface area contributed by atoms with Crippen molar-refractivity contribution in [3.63, 3.8) is 0 Å². The van der Waals surface area contributed by atoms with Crippen LogP contribution in [0.5, 0.6) is 0 Å². The summed E-state index contributed by atoms with van der Waals surface area (Å²) in [5.41, 5.74) is 0. The minimum Gasteiger partial charge on any atom is -0.379 e. The van der Waals surface area contributed by atoms with Gasteiger partial charge in [-0.1, -0.05) is 13.8 Å². The largest absolute Gasteiger partial charge is 0.379 e. The molecule has 37 heteroatoms. The molecule has 1 atom stereocenters. The number of unbranched alkanes of at least 4 members (excludes halogenated alkanes) is 1. The SMILES string of the molecule is CC(C)[C@H](CCCCNC(=O)CCOCCOCCOCCOCCOCCOCCOCCOCCOCCOCCOCCOCCNC(=O)CCN1C(=O)C=CC1=O)NC(=O)CCOCCOCCOCCOCCOCCOCCOCCOCCOCCOCCOCCOCCCC(=O)CCN1C(=O)C=CC1=O. The molecule has 3 N–H and O–H groups in total. The van der Waals surface area contributed by atoms with Crippen LogP contribution in [0, 0.1) is 5.92 Å². The van der Waals surface area contributed by atoms with Gasteiger partial charge in [0.2, 0.25) is 17.7 Å². The van der Waals surface area contributed by atoms with Gasteiger partial charge in [0, 0.05) is 95.2 Å². The molecular formula is C77H137N5O32. The summed E-state index contributed by atoms with van der Waals surface area (Å²) in [6, 6.07) is 0.0279. The molecular weight excluding hydrogens is 1510 g/mol. The maximum absolute atomic E-state index is 12.7. The molecule has 0 aliphatic carbocycles. The molecule has 0 aromatic rings. The zero-order valence-corrected chi connectivity index (χ0v) is 68.1. The van der Waals surface area contributed by atoms with Gasteiger partial charge in [-0.3, -0.25) is 48.2 Å². The number of carbonyl (C=O) groups is 8. The van der Waals surface area contributed by atoms with Crippen LogP contribution < -0.4 is 16.0 Å². The van der Waals surface area contributed by atoms with Gasteiger partial charge in [-0.25, -0.2) is 0 Å². The number of carbonyl (C=O) groups excluding carboxylic acids is 8. The number of Topliss-reactive ketones (excluding diaryl/α,β-unsaturated/α-hetero) is 1. The van der Waals surface area contributed by atoms with Gasteiger partial charge in [0.25, 0.3) is 23.6 Å². The number of ketones is 1. The lowest BCUT2D eigenvalue weighted by atomic mass is 9.98. The number of ether oxygens (including phenoxy) is 24. The highest BCUT2D eigenvalue weighted by atomic mass is 16.6. The van der Waals surface area contributed by atoms with E-state index >= 15 is 0 Å². The summed E-state index contributed by atoms with van der Waals surface area (Å²) in [7, 11) is 0. The zero-order valence-electron chi connectivity index (χ0n) is 68.1. The van der Waals surface area contributed by atoms with Crippen molar-refractivity contribution in [1.82, 2.24) is 25.8 Å². The van der Waals surface area contributed by atoms with Crippen molar-refractivity contribution in [2.24, 2.45) is 5.92 Å². The maximum Gasteiger partial charge on any atom is 0.253 e. The van der Waals surface area contributed by atoms with Gasteiger partial charge in [-0.15, -0.1) is 0 Å². The number of amides is 7. The van der Waals surface area contributed by atoms with E-state index in [4.69, 9.17) is 114 Å². The monoisotopic (exact) mass is 1640 g/mol. The Morgan fingerprint density at radius 1 is 0.254 bits per heavy atom. The van der Waals surface area contributed by atoms with E-state index in [1.807, 2.05) is 0 Å². The Balaban J connectivity index is 1.16. The average Bonchev–Trinajstić information content (AvgIpc) is 1.75. The summed E-state index contributed by atoms with van der Waals surface area (Å²) in [4.78, 5) is 97.0. The Kier molecular flexibility index (Phi) is 75.1. The fourth-order valence-electron chi connectivity index (χ4n) is 9.63. The summed E-state index contributed by atoms with van der Waals surface area (Å²) in [6.45, 7) is 25.6. The summed E-state index contributed by atoms with van der Waals surface area (Å²) in [5, 5.41) is 8.76. The van der Waals surface area contributed by atoms with Crippen LogP contribution in [0.25, 0.3) is 0 Å². The van der Waals surface area contributed by atoms with Gasteiger partial charge in [-0.2, -0.15) is 0 Å². The number of rotatable bonds is 92. The Bertz CT molecular complexity index is 2350. The molecule has 114 heavy (non-hydrogen) atoms. The van der Waals surface area contributed by atoms with E-state index in [1.165, 1.54) is 24.3 Å². The molecule has 2 rings (SSSR count). The molecule has 0 spiro atoms. The summed E-state index contributed by atoms with van der Waals surface area (Å²) in [5.74, 6) is -1.72. The van der Waals surface area contributed by atoms with Crippen LogP contribution in [0.3, 0.4) is 0 Å². The smallest absolute Gasteiger partial charge is 0.253 e. The van der Waals surface area contributed by atoms with E-state index in [0.29, 0.717) is 343 Å². The minimum absolute atomic E-state index is 0.0145. The molecule has 2 aliphatic rings. The van der Waals surface area contributed by atoms with Crippen LogP contribution >= 0.6 is 0 Å². The molecule has 0 unspecified atom stereocenters. The lowest BCUT2D eigenvalue weighted by Crippen LogP contribution is -2.39. The van der Waals surface area contributed by atoms with Gasteiger partial charge >= 0.3 is 0 Å². The Hall–Kier alpha value is -5.12. The molecule has 662 valence electrons. The average molecular weight is 1640 g/mol. The Morgan fingerprint density at radius 2 is 0.482 bits per heavy atom. The molecule has 37 nitrogen and oxygen atoms in total. The van der Waals surface area contributed by atoms with Crippen LogP contribution in [0.15, 0.2) is 24.3 Å². The molecule has 0 radical (unpaired) electrons. The van der Waals surface area contributed by atoms with Crippen molar-refractivity contribution in [2.45, 2.75) is 77.7 Å². The summed E-state index contributed by atoms with van der Waals surface area (Å²) in [6.07, 6.45) is 8.87. The predicted molar refractivity (Wildman–Crippen MR) is 411 cm³/mol. The lowest BCUT2D eigenvalue weighted by Gasteiger charge is -2.22. The maximum atomic E-state index is 12.7. The van der Waals surface area contributed by atoms with Crippen LogP contribution in [0.1, 0.15) is 71.6 Å². The molecule has 0 bridgehead atoms. The van der Waals surface area contributed by atoms with Crippen LogP contribution in [-0.4, -0.2) is 406 Å². The molecule has 0 saturated heterocycles. The first-order chi connectivity index (χ1) is 56.0. The highest BCUT2D eigenvalue weighted by Gasteiger charge is 2.25. The van der Waals surface area contributed by atoms with Gasteiger partial charge in [-0.05, 0) is 31.6 Å². The normalized spacial score (nSPS) is 13.1. The second-order valence-corrected chi connectivity index (χ2v) is 25.3. The second kappa shape index (κ2) is 81.6. The first-order valence-electron chi connectivity index (χ1n) is 40.2. The topological polar surface area (TPSA) is 401 Å². The first-order valence-corrected chi connectivity index (χ1v) is 40.2. The van der Waals surface area contributed by atoms with E-state index in [0.717, 1.165) is 29.1 Å². The quantitative estimate of drug-likeness (QED) is 0.0557. The third-order valence-electron chi connectivity index (χ3n) is 15.8. The van der Waals surface area contributed by atoms with Crippen molar-refractivity contribution in [1.29, 1.82) is 0 Å². The number of hydrogen-bond donors (Lipinski definition) is 3. The Morgan fingerprint density at radius 3 is 0.763 bits per heavy atom. The van der Waals surface area contributed by atoms with Gasteiger partial charge in [0.1, 0.15) is 5.78 Å². The molecule has 2 aliphatic heterocycles. The van der Waals surface area contributed by atoms with Crippen molar-refractivity contribution in [3.8, 4) is 0 Å². The van der Waals surface area contributed by atoms with Crippen molar-refractivity contribution < 1.29 is 152 Å². The molecule has 0 fully saturated rings. The molecule has 0 aromatic carbocycles. The zero-order chi connectivity index (χ0) is 82.0. The summed E-state index contributed by atoms with van der Waals surface area (Å²) < 4.78 is 132. The second-order valence-electron chi connectivity index (χ2n) is 25.3. The van der Waals surface area contributed by atoms with Gasteiger partial charge < -0.3 is 130 Å². The number of hydrogen-bond acceptors (Lipinski definition) is 32. The lowest BCUT2D eigenvalue weighted by molar-refractivity contribution is -0.139. The van der Waals surface area contributed by atoms with Crippen molar-refractivity contribution in [3.05, 3.63) is 24.3 Å². The molecule has 0 aromatic heterocycles. The molecule has 7 amide bonds. The van der Waals surface area contributed by atoms with Crippen LogP contribution in [-0.2, 0) is 152 Å². The highest BCUT2D eigenvalue weighted by molar-refractivity contribution is 6.13. The van der Waals surface area contributed by atoms with Crippen molar-refractivity contribution in [2.75, 3.05) is 343 Å².